The molecule has 0 aromatic carbocycles. The minimum absolute atomic E-state index is 0.612. The lowest BCUT2D eigenvalue weighted by atomic mass is 10.2. The first-order valence-electron chi connectivity index (χ1n) is 7.35. The molecular formula is C15H14N8. The van der Waals surface area contributed by atoms with Gasteiger partial charge < -0.3 is 9.80 Å². The van der Waals surface area contributed by atoms with Gasteiger partial charge in [0.1, 0.15) is 18.2 Å². The maximum atomic E-state index is 9.22. The highest BCUT2D eigenvalue weighted by molar-refractivity contribution is 5.55. The van der Waals surface area contributed by atoms with Gasteiger partial charge in [-0.05, 0) is 12.1 Å². The zero-order valence-electron chi connectivity index (χ0n) is 12.4. The summed E-state index contributed by atoms with van der Waals surface area (Å²) in [6, 6.07) is 5.79. The largest absolute Gasteiger partial charge is 0.352 e. The van der Waals surface area contributed by atoms with Crippen molar-refractivity contribution in [3.05, 3.63) is 42.6 Å². The zero-order valence-corrected chi connectivity index (χ0v) is 12.4. The Balaban J connectivity index is 1.56. The molecule has 0 radical (unpaired) electrons. The molecule has 1 aliphatic rings. The average molecular weight is 306 g/mol. The molecule has 0 aliphatic carbocycles. The molecule has 0 atom stereocenters. The van der Waals surface area contributed by atoms with Crippen molar-refractivity contribution in [2.24, 2.45) is 0 Å². The van der Waals surface area contributed by atoms with E-state index in [9.17, 15) is 5.26 Å². The number of anilines is 2. The number of hydrogen-bond acceptors (Lipinski definition) is 7. The molecule has 114 valence electrons. The molecule has 23 heavy (non-hydrogen) atoms. The predicted molar refractivity (Wildman–Crippen MR) is 84.2 cm³/mol. The van der Waals surface area contributed by atoms with Crippen molar-refractivity contribution < 1.29 is 0 Å². The molecule has 0 amide bonds. The number of fused-ring (bicyclic) bond motifs is 1. The monoisotopic (exact) mass is 306 g/mol. The SMILES string of the molecule is N#Cc1cccnc1N1CCN(c2cncc3ncnn23)CC1. The van der Waals surface area contributed by atoms with Gasteiger partial charge in [-0.15, -0.1) is 0 Å². The van der Waals surface area contributed by atoms with Gasteiger partial charge in [0.25, 0.3) is 0 Å². The van der Waals surface area contributed by atoms with Crippen LogP contribution in [-0.2, 0) is 0 Å². The van der Waals surface area contributed by atoms with E-state index in [0.29, 0.717) is 5.56 Å². The highest BCUT2D eigenvalue weighted by Crippen LogP contribution is 2.21. The highest BCUT2D eigenvalue weighted by Gasteiger charge is 2.22. The van der Waals surface area contributed by atoms with Crippen molar-refractivity contribution in [3.63, 3.8) is 0 Å². The Labute approximate surface area is 132 Å². The van der Waals surface area contributed by atoms with Crippen molar-refractivity contribution in [1.29, 1.82) is 5.26 Å². The van der Waals surface area contributed by atoms with Crippen molar-refractivity contribution in [1.82, 2.24) is 24.6 Å². The van der Waals surface area contributed by atoms with Gasteiger partial charge in [-0.2, -0.15) is 14.9 Å². The predicted octanol–water partition coefficient (Wildman–Crippen LogP) is 0.718. The van der Waals surface area contributed by atoms with Gasteiger partial charge >= 0.3 is 0 Å². The summed E-state index contributed by atoms with van der Waals surface area (Å²) in [5.41, 5.74) is 1.35. The molecule has 0 spiro atoms. The first-order chi connectivity index (χ1) is 11.4. The van der Waals surface area contributed by atoms with Crippen molar-refractivity contribution in [2.45, 2.75) is 0 Å². The number of hydrogen-bond donors (Lipinski definition) is 0. The second-order valence-electron chi connectivity index (χ2n) is 5.26. The van der Waals surface area contributed by atoms with Crippen LogP contribution in [0.25, 0.3) is 5.65 Å². The Hall–Kier alpha value is -3.21. The smallest absolute Gasteiger partial charge is 0.175 e. The van der Waals surface area contributed by atoms with Crippen LogP contribution in [0, 0.1) is 11.3 Å². The lowest BCUT2D eigenvalue weighted by Crippen LogP contribution is -2.47. The van der Waals surface area contributed by atoms with Crippen LogP contribution >= 0.6 is 0 Å². The Morgan fingerprint density at radius 1 is 1.04 bits per heavy atom. The Morgan fingerprint density at radius 2 is 1.87 bits per heavy atom. The summed E-state index contributed by atoms with van der Waals surface area (Å²) >= 11 is 0. The summed E-state index contributed by atoms with van der Waals surface area (Å²) in [4.78, 5) is 17.1. The fourth-order valence-electron chi connectivity index (χ4n) is 2.84. The number of piperazine rings is 1. The van der Waals surface area contributed by atoms with Crippen molar-refractivity contribution in [2.75, 3.05) is 36.0 Å². The van der Waals surface area contributed by atoms with Crippen LogP contribution < -0.4 is 9.80 Å². The van der Waals surface area contributed by atoms with Crippen molar-refractivity contribution >= 4 is 17.3 Å². The molecule has 0 saturated carbocycles. The van der Waals surface area contributed by atoms with Gasteiger partial charge in [0.2, 0.25) is 0 Å². The Kier molecular flexibility index (Phi) is 3.24. The van der Waals surface area contributed by atoms with Gasteiger partial charge in [-0.25, -0.2) is 9.97 Å². The molecule has 4 rings (SSSR count). The van der Waals surface area contributed by atoms with Crippen LogP contribution in [0.4, 0.5) is 11.6 Å². The van der Waals surface area contributed by atoms with E-state index in [2.05, 4.69) is 35.9 Å². The van der Waals surface area contributed by atoms with Crippen LogP contribution in [0.3, 0.4) is 0 Å². The standard InChI is InChI=1S/C15H14N8/c16-8-12-2-1-3-18-15(12)22-6-4-21(5-7-22)14-10-17-9-13-19-11-20-23(13)14/h1-3,9-11H,4-7H2. The van der Waals surface area contributed by atoms with E-state index in [1.807, 2.05) is 0 Å². The molecule has 0 unspecified atom stereocenters. The molecular weight excluding hydrogens is 292 g/mol. The maximum absolute atomic E-state index is 9.22. The van der Waals surface area contributed by atoms with E-state index in [1.165, 1.54) is 6.33 Å². The summed E-state index contributed by atoms with van der Waals surface area (Å²) in [6.07, 6.45) is 6.76. The Bertz CT molecular complexity index is 872. The quantitative estimate of drug-likeness (QED) is 0.689. The third-order valence-corrected chi connectivity index (χ3v) is 3.98. The van der Waals surface area contributed by atoms with Crippen LogP contribution in [0.5, 0.6) is 0 Å². The highest BCUT2D eigenvalue weighted by atomic mass is 15.4. The van der Waals surface area contributed by atoms with E-state index in [0.717, 1.165) is 43.5 Å². The van der Waals surface area contributed by atoms with Crippen molar-refractivity contribution in [3.8, 4) is 6.07 Å². The van der Waals surface area contributed by atoms with E-state index < -0.39 is 0 Å². The molecule has 4 heterocycles. The third kappa shape index (κ3) is 2.32. The van der Waals surface area contributed by atoms with Gasteiger partial charge in [0, 0.05) is 32.4 Å². The zero-order chi connectivity index (χ0) is 15.6. The minimum atomic E-state index is 0.612. The summed E-state index contributed by atoms with van der Waals surface area (Å²) in [5, 5.41) is 13.5. The number of aromatic nitrogens is 5. The number of rotatable bonds is 2. The second-order valence-corrected chi connectivity index (χ2v) is 5.26. The van der Waals surface area contributed by atoms with Crippen LogP contribution in [-0.4, -0.2) is 50.7 Å². The molecule has 1 fully saturated rings. The summed E-state index contributed by atoms with van der Waals surface area (Å²) in [6.45, 7) is 3.19. The van der Waals surface area contributed by atoms with Gasteiger partial charge in [-0.1, -0.05) is 0 Å². The number of nitrogens with zero attached hydrogens (tertiary/aromatic N) is 8. The van der Waals surface area contributed by atoms with Gasteiger partial charge in [0.05, 0.1) is 18.0 Å². The first-order valence-corrected chi connectivity index (χ1v) is 7.35. The van der Waals surface area contributed by atoms with Crippen LogP contribution in [0.2, 0.25) is 0 Å². The number of pyridine rings is 1. The molecule has 1 aliphatic heterocycles. The van der Waals surface area contributed by atoms with Crippen LogP contribution in [0.15, 0.2) is 37.1 Å². The molecule has 8 nitrogen and oxygen atoms in total. The average Bonchev–Trinajstić information content (AvgIpc) is 3.10. The number of nitriles is 1. The molecule has 3 aromatic heterocycles. The lowest BCUT2D eigenvalue weighted by molar-refractivity contribution is 0.632. The Morgan fingerprint density at radius 3 is 2.70 bits per heavy atom. The van der Waals surface area contributed by atoms with E-state index >= 15 is 0 Å². The topological polar surface area (TPSA) is 86.2 Å². The molecule has 1 saturated heterocycles. The molecule has 0 bridgehead atoms. The lowest BCUT2D eigenvalue weighted by Gasteiger charge is -2.36. The summed E-state index contributed by atoms with van der Waals surface area (Å²) < 4.78 is 1.80. The van der Waals surface area contributed by atoms with E-state index in [-0.39, 0.29) is 0 Å². The van der Waals surface area contributed by atoms with Crippen LogP contribution in [0.1, 0.15) is 5.56 Å². The minimum Gasteiger partial charge on any atom is -0.352 e. The molecule has 3 aromatic rings. The molecule has 8 heteroatoms. The fourth-order valence-corrected chi connectivity index (χ4v) is 2.84. The van der Waals surface area contributed by atoms with Gasteiger partial charge in [0.15, 0.2) is 11.5 Å². The second kappa shape index (κ2) is 5.53. The van der Waals surface area contributed by atoms with E-state index in [4.69, 9.17) is 0 Å². The van der Waals surface area contributed by atoms with E-state index in [1.54, 1.807) is 35.2 Å². The van der Waals surface area contributed by atoms with Gasteiger partial charge in [-0.3, -0.25) is 4.98 Å². The summed E-state index contributed by atoms with van der Waals surface area (Å²) in [5.74, 6) is 1.69. The summed E-state index contributed by atoms with van der Waals surface area (Å²) in [7, 11) is 0. The first kappa shape index (κ1) is 13.5. The molecule has 0 N–H and O–H groups in total. The fraction of sp³-hybridized carbons (Fsp3) is 0.267. The maximum Gasteiger partial charge on any atom is 0.175 e. The third-order valence-electron chi connectivity index (χ3n) is 3.98. The normalized spacial score (nSPS) is 14.9.